The van der Waals surface area contributed by atoms with Crippen LogP contribution >= 0.6 is 11.3 Å². The molecule has 0 spiro atoms. The van der Waals surface area contributed by atoms with Gasteiger partial charge in [-0.15, -0.1) is 11.3 Å². The summed E-state index contributed by atoms with van der Waals surface area (Å²) in [5, 5.41) is 7.76. The molecule has 0 aliphatic rings. The number of ether oxygens (including phenoxy) is 1. The molecule has 2 aromatic heterocycles. The molecule has 25 heavy (non-hydrogen) atoms. The maximum Gasteiger partial charge on any atom is 0.228 e. The number of furan rings is 1. The first-order chi connectivity index (χ1) is 11.9. The van der Waals surface area contributed by atoms with Crippen molar-refractivity contribution in [1.29, 1.82) is 0 Å². The SMILES string of the molecule is CC(=O)NCc1ccc(-c2csc(NC(=O)CCOCC(C)C)n2)o1. The summed E-state index contributed by atoms with van der Waals surface area (Å²) in [6.07, 6.45) is 0.295. The minimum atomic E-state index is -0.129. The normalized spacial score (nSPS) is 10.9. The maximum absolute atomic E-state index is 11.9. The van der Waals surface area contributed by atoms with Crippen LogP contribution in [-0.2, 0) is 20.9 Å². The first-order valence-corrected chi connectivity index (χ1v) is 8.98. The quantitative estimate of drug-likeness (QED) is 0.666. The molecule has 0 unspecified atom stereocenters. The number of carbonyl (C=O) groups excluding carboxylic acids is 2. The van der Waals surface area contributed by atoms with Crippen molar-refractivity contribution in [2.45, 2.75) is 33.7 Å². The Hall–Kier alpha value is -2.19. The van der Waals surface area contributed by atoms with Gasteiger partial charge in [-0.1, -0.05) is 13.8 Å². The molecule has 0 saturated heterocycles. The van der Waals surface area contributed by atoms with E-state index >= 15 is 0 Å². The lowest BCUT2D eigenvalue weighted by Gasteiger charge is -2.06. The fourth-order valence-corrected chi connectivity index (χ4v) is 2.65. The maximum atomic E-state index is 11.9. The zero-order valence-corrected chi connectivity index (χ0v) is 15.4. The molecule has 0 aliphatic heterocycles. The smallest absolute Gasteiger partial charge is 0.228 e. The van der Waals surface area contributed by atoms with Crippen LogP contribution in [0.15, 0.2) is 21.9 Å². The summed E-state index contributed by atoms with van der Waals surface area (Å²) in [6.45, 7) is 6.95. The number of thiazole rings is 1. The summed E-state index contributed by atoms with van der Waals surface area (Å²) >= 11 is 1.33. The average molecular weight is 365 g/mol. The van der Waals surface area contributed by atoms with Gasteiger partial charge in [-0.25, -0.2) is 4.98 Å². The van der Waals surface area contributed by atoms with E-state index < -0.39 is 0 Å². The second kappa shape index (κ2) is 9.33. The van der Waals surface area contributed by atoms with E-state index in [1.807, 2.05) is 5.38 Å². The van der Waals surface area contributed by atoms with E-state index in [9.17, 15) is 9.59 Å². The lowest BCUT2D eigenvalue weighted by atomic mass is 10.2. The molecule has 0 fully saturated rings. The fraction of sp³-hybridized carbons (Fsp3) is 0.471. The Balaban J connectivity index is 1.83. The molecule has 2 aromatic rings. The van der Waals surface area contributed by atoms with E-state index in [1.165, 1.54) is 18.3 Å². The van der Waals surface area contributed by atoms with E-state index in [1.54, 1.807) is 12.1 Å². The number of anilines is 1. The van der Waals surface area contributed by atoms with Crippen LogP contribution in [0.3, 0.4) is 0 Å². The van der Waals surface area contributed by atoms with Crippen molar-refractivity contribution in [1.82, 2.24) is 10.3 Å². The van der Waals surface area contributed by atoms with Gasteiger partial charge in [-0.3, -0.25) is 9.59 Å². The fourth-order valence-electron chi connectivity index (χ4n) is 1.93. The van der Waals surface area contributed by atoms with Crippen molar-refractivity contribution in [2.75, 3.05) is 18.5 Å². The molecule has 0 radical (unpaired) electrons. The third-order valence-corrected chi connectivity index (χ3v) is 3.86. The van der Waals surface area contributed by atoms with Crippen LogP contribution in [0.2, 0.25) is 0 Å². The van der Waals surface area contributed by atoms with E-state index in [0.717, 1.165) is 0 Å². The van der Waals surface area contributed by atoms with Gasteiger partial charge in [-0.05, 0) is 18.1 Å². The second-order valence-corrected chi connectivity index (χ2v) is 6.84. The minimum Gasteiger partial charge on any atom is -0.458 e. The van der Waals surface area contributed by atoms with Gasteiger partial charge in [0.15, 0.2) is 10.9 Å². The zero-order chi connectivity index (χ0) is 18.2. The van der Waals surface area contributed by atoms with Gasteiger partial charge in [0, 0.05) is 18.9 Å². The van der Waals surface area contributed by atoms with Gasteiger partial charge in [-0.2, -0.15) is 0 Å². The van der Waals surface area contributed by atoms with Gasteiger partial charge >= 0.3 is 0 Å². The molecule has 7 nitrogen and oxygen atoms in total. The highest BCUT2D eigenvalue weighted by Crippen LogP contribution is 2.26. The Morgan fingerprint density at radius 3 is 2.88 bits per heavy atom. The molecule has 2 amide bonds. The highest BCUT2D eigenvalue weighted by Gasteiger charge is 2.11. The number of rotatable bonds is 9. The van der Waals surface area contributed by atoms with Crippen molar-refractivity contribution in [3.63, 3.8) is 0 Å². The first kappa shape index (κ1) is 19.1. The molecule has 0 bridgehead atoms. The Bertz CT molecular complexity index is 708. The highest BCUT2D eigenvalue weighted by molar-refractivity contribution is 7.14. The predicted molar refractivity (Wildman–Crippen MR) is 96.2 cm³/mol. The Morgan fingerprint density at radius 2 is 2.16 bits per heavy atom. The van der Waals surface area contributed by atoms with E-state index in [-0.39, 0.29) is 11.8 Å². The molecular formula is C17H23N3O4S. The van der Waals surface area contributed by atoms with E-state index in [0.29, 0.717) is 54.4 Å². The molecule has 8 heteroatoms. The molecule has 0 saturated carbocycles. The van der Waals surface area contributed by atoms with Crippen molar-refractivity contribution in [3.8, 4) is 11.5 Å². The molecule has 0 aromatic carbocycles. The largest absolute Gasteiger partial charge is 0.458 e. The monoisotopic (exact) mass is 365 g/mol. The van der Waals surface area contributed by atoms with Crippen LogP contribution in [-0.4, -0.2) is 30.0 Å². The first-order valence-electron chi connectivity index (χ1n) is 8.10. The second-order valence-electron chi connectivity index (χ2n) is 5.98. The lowest BCUT2D eigenvalue weighted by Crippen LogP contribution is -2.18. The van der Waals surface area contributed by atoms with Crippen molar-refractivity contribution in [2.24, 2.45) is 5.92 Å². The van der Waals surface area contributed by atoms with Crippen molar-refractivity contribution >= 4 is 28.3 Å². The summed E-state index contributed by atoms with van der Waals surface area (Å²) < 4.78 is 11.0. The molecule has 136 valence electrons. The van der Waals surface area contributed by atoms with Crippen LogP contribution in [0.1, 0.15) is 33.0 Å². The summed E-state index contributed by atoms with van der Waals surface area (Å²) in [5.41, 5.74) is 0.644. The van der Waals surface area contributed by atoms with Crippen LogP contribution in [0, 0.1) is 5.92 Å². The van der Waals surface area contributed by atoms with Gasteiger partial charge < -0.3 is 19.8 Å². The van der Waals surface area contributed by atoms with Crippen LogP contribution < -0.4 is 10.6 Å². The zero-order valence-electron chi connectivity index (χ0n) is 14.6. The average Bonchev–Trinajstić information content (AvgIpc) is 3.18. The van der Waals surface area contributed by atoms with Crippen molar-refractivity contribution in [3.05, 3.63) is 23.3 Å². The van der Waals surface area contributed by atoms with Gasteiger partial charge in [0.05, 0.1) is 19.6 Å². The standard InChI is InChI=1S/C17H23N3O4S/c1-11(2)9-23-7-6-16(22)20-17-19-14(10-25-17)15-5-4-13(24-15)8-18-12(3)21/h4-5,10-11H,6-9H2,1-3H3,(H,18,21)(H,19,20,22). The van der Waals surface area contributed by atoms with Crippen LogP contribution in [0.25, 0.3) is 11.5 Å². The minimum absolute atomic E-state index is 0.117. The predicted octanol–water partition coefficient (Wildman–Crippen LogP) is 3.04. The van der Waals surface area contributed by atoms with Gasteiger partial charge in [0.2, 0.25) is 11.8 Å². The molecule has 2 rings (SSSR count). The molecule has 0 atom stereocenters. The molecular weight excluding hydrogens is 342 g/mol. The summed E-state index contributed by atoms with van der Waals surface area (Å²) in [5.74, 6) is 1.45. The summed E-state index contributed by atoms with van der Waals surface area (Å²) in [4.78, 5) is 27.1. The number of nitrogens with one attached hydrogen (secondary N) is 2. The van der Waals surface area contributed by atoms with Gasteiger partial charge in [0.25, 0.3) is 0 Å². The number of carbonyl (C=O) groups is 2. The summed E-state index contributed by atoms with van der Waals surface area (Å²) in [6, 6.07) is 3.58. The topological polar surface area (TPSA) is 93.5 Å². The van der Waals surface area contributed by atoms with Crippen LogP contribution in [0.4, 0.5) is 5.13 Å². The molecule has 2 N–H and O–H groups in total. The number of aromatic nitrogens is 1. The Labute approximate surface area is 150 Å². The van der Waals surface area contributed by atoms with Crippen LogP contribution in [0.5, 0.6) is 0 Å². The third-order valence-electron chi connectivity index (χ3n) is 3.10. The third kappa shape index (κ3) is 6.67. The summed E-state index contributed by atoms with van der Waals surface area (Å²) in [7, 11) is 0. The number of nitrogens with zero attached hydrogens (tertiary/aromatic N) is 1. The lowest BCUT2D eigenvalue weighted by molar-refractivity contribution is -0.119. The Morgan fingerprint density at radius 1 is 1.36 bits per heavy atom. The molecule has 2 heterocycles. The van der Waals surface area contributed by atoms with Gasteiger partial charge in [0.1, 0.15) is 11.5 Å². The highest BCUT2D eigenvalue weighted by atomic mass is 32.1. The number of amides is 2. The van der Waals surface area contributed by atoms with Crippen molar-refractivity contribution < 1.29 is 18.7 Å². The molecule has 0 aliphatic carbocycles. The number of hydrogen-bond acceptors (Lipinski definition) is 6. The van der Waals surface area contributed by atoms with E-state index in [2.05, 4.69) is 29.5 Å². The van der Waals surface area contributed by atoms with E-state index in [4.69, 9.17) is 9.15 Å². The number of hydrogen-bond donors (Lipinski definition) is 2. The Kier molecular flexibility index (Phi) is 7.15.